The number of carbonyl (C=O) groups excluding carboxylic acids is 1. The summed E-state index contributed by atoms with van der Waals surface area (Å²) in [5.41, 5.74) is 5.21. The molecule has 1 aliphatic rings. The number of hydrogen-bond acceptors (Lipinski definition) is 3. The Balaban J connectivity index is 0.00000324. The van der Waals surface area contributed by atoms with Crippen LogP contribution >= 0.6 is 12.4 Å². The molecule has 0 spiro atoms. The number of ether oxygens (including phenoxy) is 1. The number of hydrogen-bond donors (Lipinski definition) is 2. The average molecular weight is 293 g/mol. The van der Waals surface area contributed by atoms with Crippen LogP contribution in [0.15, 0.2) is 0 Å². The molecule has 19 heavy (non-hydrogen) atoms. The van der Waals surface area contributed by atoms with E-state index in [1.165, 1.54) is 0 Å². The third-order valence-corrected chi connectivity index (χ3v) is 4.56. The first-order chi connectivity index (χ1) is 8.33. The summed E-state index contributed by atoms with van der Waals surface area (Å²) in [5, 5.41) is 3.06. The van der Waals surface area contributed by atoms with Crippen molar-refractivity contribution in [3.05, 3.63) is 0 Å². The van der Waals surface area contributed by atoms with E-state index in [0.29, 0.717) is 13.0 Å². The lowest BCUT2D eigenvalue weighted by atomic mass is 9.54. The Morgan fingerprint density at radius 2 is 1.89 bits per heavy atom. The molecule has 2 unspecified atom stereocenters. The van der Waals surface area contributed by atoms with Crippen molar-refractivity contribution in [3.8, 4) is 0 Å². The molecule has 0 radical (unpaired) electrons. The molecule has 0 aromatic rings. The van der Waals surface area contributed by atoms with Crippen molar-refractivity contribution >= 4 is 18.3 Å². The fourth-order valence-corrected chi connectivity index (χ4v) is 2.63. The van der Waals surface area contributed by atoms with E-state index in [0.717, 1.165) is 12.8 Å². The summed E-state index contributed by atoms with van der Waals surface area (Å²) in [5.74, 6) is -0.0304. The summed E-state index contributed by atoms with van der Waals surface area (Å²) in [6, 6.07) is 0.222. The summed E-state index contributed by atoms with van der Waals surface area (Å²) >= 11 is 0. The lowest BCUT2D eigenvalue weighted by molar-refractivity contribution is -0.171. The van der Waals surface area contributed by atoms with Gasteiger partial charge in [-0.25, -0.2) is 0 Å². The highest BCUT2D eigenvalue weighted by Crippen LogP contribution is 2.49. The smallest absolute Gasteiger partial charge is 0.241 e. The maximum atomic E-state index is 12.3. The van der Waals surface area contributed by atoms with Crippen molar-refractivity contribution in [1.29, 1.82) is 0 Å². The van der Waals surface area contributed by atoms with Crippen LogP contribution in [-0.2, 0) is 9.53 Å². The van der Waals surface area contributed by atoms with Gasteiger partial charge in [0.05, 0.1) is 6.10 Å². The van der Waals surface area contributed by atoms with Gasteiger partial charge >= 0.3 is 0 Å². The Hall–Kier alpha value is -0.320. The van der Waals surface area contributed by atoms with E-state index < -0.39 is 5.54 Å². The van der Waals surface area contributed by atoms with E-state index in [-0.39, 0.29) is 35.9 Å². The van der Waals surface area contributed by atoms with E-state index in [9.17, 15) is 4.79 Å². The van der Waals surface area contributed by atoms with Gasteiger partial charge < -0.3 is 15.8 Å². The number of amides is 1. The molecule has 114 valence electrons. The predicted octanol–water partition coefficient (Wildman–Crippen LogP) is 2.25. The number of nitrogens with one attached hydrogen (secondary N) is 1. The Bertz CT molecular complexity index is 306. The minimum absolute atomic E-state index is 0. The Labute approximate surface area is 123 Å². The highest BCUT2D eigenvalue weighted by molar-refractivity contribution is 5.89. The van der Waals surface area contributed by atoms with Gasteiger partial charge in [0.25, 0.3) is 0 Å². The van der Waals surface area contributed by atoms with Crippen molar-refractivity contribution in [1.82, 2.24) is 5.32 Å². The summed E-state index contributed by atoms with van der Waals surface area (Å²) < 4.78 is 5.64. The van der Waals surface area contributed by atoms with Gasteiger partial charge in [-0.2, -0.15) is 0 Å². The standard InChI is InChI=1S/C14H28N2O2.ClH/c1-6-10(7-2)16-12(17)14(15)9-11(18-8-3)13(14,4)5;/h10-11H,6-9,15H2,1-5H3,(H,16,17);1H. The van der Waals surface area contributed by atoms with Crippen LogP contribution in [0.4, 0.5) is 0 Å². The van der Waals surface area contributed by atoms with Gasteiger partial charge in [0.15, 0.2) is 0 Å². The fraction of sp³-hybridized carbons (Fsp3) is 0.929. The number of carbonyl (C=O) groups is 1. The molecular formula is C14H29ClN2O2. The second kappa shape index (κ2) is 6.91. The molecule has 0 heterocycles. The van der Waals surface area contributed by atoms with E-state index in [1.807, 2.05) is 20.8 Å². The molecule has 1 fully saturated rings. The normalized spacial score (nSPS) is 28.5. The van der Waals surface area contributed by atoms with Gasteiger partial charge in [0.1, 0.15) is 5.54 Å². The van der Waals surface area contributed by atoms with Gasteiger partial charge in [-0.05, 0) is 19.8 Å². The minimum atomic E-state index is -0.796. The first-order valence-electron chi connectivity index (χ1n) is 7.04. The Morgan fingerprint density at radius 1 is 1.37 bits per heavy atom. The monoisotopic (exact) mass is 292 g/mol. The Morgan fingerprint density at radius 3 is 2.26 bits per heavy atom. The topological polar surface area (TPSA) is 64.3 Å². The zero-order valence-electron chi connectivity index (χ0n) is 12.8. The zero-order valence-corrected chi connectivity index (χ0v) is 13.6. The first kappa shape index (κ1) is 18.7. The van der Waals surface area contributed by atoms with Crippen molar-refractivity contribution in [2.24, 2.45) is 11.1 Å². The maximum absolute atomic E-state index is 12.3. The van der Waals surface area contributed by atoms with Crippen LogP contribution < -0.4 is 11.1 Å². The molecule has 0 aromatic heterocycles. The highest BCUT2D eigenvalue weighted by atomic mass is 35.5. The lowest BCUT2D eigenvalue weighted by Crippen LogP contribution is -2.76. The molecular weight excluding hydrogens is 264 g/mol. The maximum Gasteiger partial charge on any atom is 0.241 e. The molecule has 1 amide bonds. The molecule has 3 N–H and O–H groups in total. The molecule has 0 bridgehead atoms. The largest absolute Gasteiger partial charge is 0.378 e. The van der Waals surface area contributed by atoms with E-state index >= 15 is 0 Å². The number of halogens is 1. The molecule has 5 heteroatoms. The van der Waals surface area contributed by atoms with Crippen LogP contribution in [0, 0.1) is 5.41 Å². The first-order valence-corrected chi connectivity index (χ1v) is 7.04. The van der Waals surface area contributed by atoms with Crippen molar-refractivity contribution < 1.29 is 9.53 Å². The van der Waals surface area contributed by atoms with Gasteiger partial charge in [-0.15, -0.1) is 12.4 Å². The van der Waals surface area contributed by atoms with Crippen LogP contribution in [0.5, 0.6) is 0 Å². The lowest BCUT2D eigenvalue weighted by Gasteiger charge is -2.57. The molecule has 0 saturated heterocycles. The van der Waals surface area contributed by atoms with Gasteiger partial charge in [-0.1, -0.05) is 27.7 Å². The summed E-state index contributed by atoms with van der Waals surface area (Å²) in [6.45, 7) is 10.8. The number of rotatable bonds is 6. The Kier molecular flexibility index (Phi) is 6.79. The molecule has 1 saturated carbocycles. The van der Waals surface area contributed by atoms with Crippen molar-refractivity contribution in [2.45, 2.75) is 71.6 Å². The van der Waals surface area contributed by atoms with E-state index in [1.54, 1.807) is 0 Å². The fourth-order valence-electron chi connectivity index (χ4n) is 2.63. The molecule has 4 nitrogen and oxygen atoms in total. The second-order valence-electron chi connectivity index (χ2n) is 5.83. The van der Waals surface area contributed by atoms with Crippen LogP contribution in [0.25, 0.3) is 0 Å². The molecule has 1 rings (SSSR count). The third kappa shape index (κ3) is 3.23. The second-order valence-corrected chi connectivity index (χ2v) is 5.83. The third-order valence-electron chi connectivity index (χ3n) is 4.56. The van der Waals surface area contributed by atoms with Gasteiger partial charge in [-0.3, -0.25) is 4.79 Å². The van der Waals surface area contributed by atoms with E-state index in [2.05, 4.69) is 19.2 Å². The predicted molar refractivity (Wildman–Crippen MR) is 80.5 cm³/mol. The van der Waals surface area contributed by atoms with Gasteiger partial charge in [0, 0.05) is 24.5 Å². The highest BCUT2D eigenvalue weighted by Gasteiger charge is 2.62. The molecule has 2 atom stereocenters. The van der Waals surface area contributed by atoms with Gasteiger partial charge in [0.2, 0.25) is 5.91 Å². The number of nitrogens with two attached hydrogens (primary N) is 1. The summed E-state index contributed by atoms with van der Waals surface area (Å²) in [6.07, 6.45) is 2.57. The molecule has 0 aromatic carbocycles. The summed E-state index contributed by atoms with van der Waals surface area (Å²) in [4.78, 5) is 12.3. The van der Waals surface area contributed by atoms with Crippen LogP contribution in [-0.4, -0.2) is 30.2 Å². The quantitative estimate of drug-likeness (QED) is 0.789. The zero-order chi connectivity index (χ0) is 14.0. The van der Waals surface area contributed by atoms with Crippen molar-refractivity contribution in [2.75, 3.05) is 6.61 Å². The van der Waals surface area contributed by atoms with Crippen molar-refractivity contribution in [3.63, 3.8) is 0 Å². The SMILES string of the molecule is CCOC1CC(N)(C(=O)NC(CC)CC)C1(C)C.Cl. The molecule has 1 aliphatic carbocycles. The summed E-state index contributed by atoms with van der Waals surface area (Å²) in [7, 11) is 0. The average Bonchev–Trinajstić information content (AvgIpc) is 2.34. The van der Waals surface area contributed by atoms with Crippen LogP contribution in [0.2, 0.25) is 0 Å². The van der Waals surface area contributed by atoms with Crippen LogP contribution in [0.1, 0.15) is 53.9 Å². The molecule has 0 aliphatic heterocycles. The minimum Gasteiger partial charge on any atom is -0.378 e. The van der Waals surface area contributed by atoms with E-state index in [4.69, 9.17) is 10.5 Å². The van der Waals surface area contributed by atoms with Crippen LogP contribution in [0.3, 0.4) is 0 Å².